The van der Waals surface area contributed by atoms with Gasteiger partial charge in [-0.25, -0.2) is 0 Å². The Labute approximate surface area is 239 Å². The van der Waals surface area contributed by atoms with Crippen LogP contribution in [0.25, 0.3) is 44.2 Å². The third-order valence-corrected chi connectivity index (χ3v) is 8.06. The molecule has 1 fully saturated rings. The van der Waals surface area contributed by atoms with E-state index in [2.05, 4.69) is 78.7 Å². The van der Waals surface area contributed by atoms with Gasteiger partial charge in [0.1, 0.15) is 0 Å². The van der Waals surface area contributed by atoms with Crippen LogP contribution in [0.4, 0.5) is 0 Å². The lowest BCUT2D eigenvalue weighted by molar-refractivity contribution is -0.119. The van der Waals surface area contributed by atoms with Crippen molar-refractivity contribution in [1.82, 2.24) is 4.98 Å². The van der Waals surface area contributed by atoms with Gasteiger partial charge in [0, 0.05) is 32.9 Å². The highest BCUT2D eigenvalue weighted by molar-refractivity contribution is 6.20. The van der Waals surface area contributed by atoms with Crippen LogP contribution in [0.5, 0.6) is 0 Å². The highest BCUT2D eigenvalue weighted by Gasteiger charge is 2.26. The number of benzene rings is 4. The molecule has 4 heteroatoms. The summed E-state index contributed by atoms with van der Waals surface area (Å²) >= 11 is 0. The van der Waals surface area contributed by atoms with E-state index >= 15 is 0 Å². The van der Waals surface area contributed by atoms with Gasteiger partial charge in [0.25, 0.3) is 0 Å². The maximum absolute atomic E-state index is 12.7. The number of aromatic amines is 1. The van der Waals surface area contributed by atoms with Gasteiger partial charge in [-0.1, -0.05) is 78.9 Å². The Balaban J connectivity index is 1.47. The van der Waals surface area contributed by atoms with E-state index in [0.717, 1.165) is 67.7 Å². The highest BCUT2D eigenvalue weighted by Crippen LogP contribution is 2.39. The standard InChI is InChI=1S/C37H32N2O2/c1-22-8-4-9-25-10-5-13-29(34(22)25)31(38)20-18-27-16-17-28(36(27)35(23(2)40)24(3)41)19-21-32-30-14-6-11-26-12-7-15-33(39-32)37(26)30/h4-15,18-21,39H,16-17,38H2,1-3H3/b27-18-,28-19-,31-20-,32-21-. The number of fused-ring (bicyclic) bond motifs is 1. The monoisotopic (exact) mass is 536 g/mol. The van der Waals surface area contributed by atoms with E-state index in [-0.39, 0.29) is 17.1 Å². The summed E-state index contributed by atoms with van der Waals surface area (Å²) < 4.78 is 0. The number of carbonyl (C=O) groups is 2. The van der Waals surface area contributed by atoms with E-state index in [1.165, 1.54) is 24.6 Å². The summed E-state index contributed by atoms with van der Waals surface area (Å²) in [7, 11) is 0. The van der Waals surface area contributed by atoms with E-state index < -0.39 is 0 Å². The summed E-state index contributed by atoms with van der Waals surface area (Å²) in [4.78, 5) is 29.0. The Hall–Kier alpha value is -4.96. The van der Waals surface area contributed by atoms with Gasteiger partial charge in [0.05, 0.1) is 5.57 Å². The molecule has 1 aromatic heterocycles. The first-order valence-corrected chi connectivity index (χ1v) is 14.0. The first kappa shape index (κ1) is 26.3. The summed E-state index contributed by atoms with van der Waals surface area (Å²) in [5.41, 5.74) is 13.4. The van der Waals surface area contributed by atoms with E-state index in [0.29, 0.717) is 5.70 Å². The first-order chi connectivity index (χ1) is 19.8. The average molecular weight is 537 g/mol. The Kier molecular flexibility index (Phi) is 6.76. The molecule has 0 atom stereocenters. The van der Waals surface area contributed by atoms with Crippen molar-refractivity contribution < 1.29 is 9.59 Å². The molecule has 4 aromatic carbocycles. The third kappa shape index (κ3) is 4.72. The number of hydrogen-bond donors (Lipinski definition) is 2. The van der Waals surface area contributed by atoms with Crippen molar-refractivity contribution in [2.45, 2.75) is 33.6 Å². The molecule has 0 amide bonds. The molecule has 5 aromatic rings. The Morgan fingerprint density at radius 1 is 0.756 bits per heavy atom. The van der Waals surface area contributed by atoms with Gasteiger partial charge in [0.15, 0.2) is 11.6 Å². The van der Waals surface area contributed by atoms with E-state index in [1.54, 1.807) is 0 Å². The molecule has 41 heavy (non-hydrogen) atoms. The lowest BCUT2D eigenvalue weighted by atomic mass is 9.93. The Bertz CT molecular complexity index is 2040. The molecular weight excluding hydrogens is 504 g/mol. The summed E-state index contributed by atoms with van der Waals surface area (Å²) in [6, 6.07) is 24.9. The minimum Gasteiger partial charge on any atom is -0.398 e. The van der Waals surface area contributed by atoms with Crippen molar-refractivity contribution in [3.05, 3.63) is 130 Å². The zero-order valence-electron chi connectivity index (χ0n) is 23.5. The molecule has 1 aliphatic rings. The van der Waals surface area contributed by atoms with Gasteiger partial charge in [-0.2, -0.15) is 0 Å². The number of Topliss-reactive ketones (excluding diaryl/α,β-unsaturated/α-hetero) is 2. The Morgan fingerprint density at radius 2 is 1.37 bits per heavy atom. The molecule has 0 radical (unpaired) electrons. The second-order valence-electron chi connectivity index (χ2n) is 10.8. The van der Waals surface area contributed by atoms with Crippen molar-refractivity contribution in [2.75, 3.05) is 0 Å². The number of H-pyrrole nitrogens is 1. The van der Waals surface area contributed by atoms with Gasteiger partial charge in [0.2, 0.25) is 0 Å². The van der Waals surface area contributed by atoms with Crippen LogP contribution in [0, 0.1) is 6.92 Å². The molecule has 3 N–H and O–H groups in total. The van der Waals surface area contributed by atoms with E-state index in [1.807, 2.05) is 30.4 Å². The smallest absolute Gasteiger partial charge is 0.163 e. The van der Waals surface area contributed by atoms with Crippen LogP contribution in [-0.4, -0.2) is 16.6 Å². The molecule has 4 nitrogen and oxygen atoms in total. The summed E-state index contributed by atoms with van der Waals surface area (Å²) in [5.74, 6) is -0.451. The lowest BCUT2D eigenvalue weighted by Gasteiger charge is -2.10. The molecule has 0 aliphatic heterocycles. The summed E-state index contributed by atoms with van der Waals surface area (Å²) in [6.07, 6.45) is 9.45. The van der Waals surface area contributed by atoms with Crippen molar-refractivity contribution in [3.63, 3.8) is 0 Å². The number of aromatic nitrogens is 1. The van der Waals surface area contributed by atoms with Crippen LogP contribution in [0.2, 0.25) is 0 Å². The van der Waals surface area contributed by atoms with Crippen LogP contribution in [0.3, 0.4) is 0 Å². The highest BCUT2D eigenvalue weighted by atomic mass is 16.1. The van der Waals surface area contributed by atoms with Crippen LogP contribution in [0.15, 0.2) is 113 Å². The normalized spacial score (nSPS) is 16.6. The molecule has 1 saturated carbocycles. The molecule has 0 unspecified atom stereocenters. The third-order valence-electron chi connectivity index (χ3n) is 8.06. The SMILES string of the molecule is CC(=O)C(C(C)=O)=C1/C(=C\C=C(/N)c2cccc3cccc(C)c23)CC/C1=C/C=c1\[nH]c2cccc3cccc1c32. The zero-order chi connectivity index (χ0) is 28.7. The number of aryl methyl sites for hydroxylation is 1. The zero-order valence-corrected chi connectivity index (χ0v) is 23.5. The molecule has 1 heterocycles. The van der Waals surface area contributed by atoms with Gasteiger partial charge < -0.3 is 10.7 Å². The molecule has 0 saturated heterocycles. The quantitative estimate of drug-likeness (QED) is 0.140. The van der Waals surface area contributed by atoms with Gasteiger partial charge in [-0.05, 0) is 90.3 Å². The lowest BCUT2D eigenvalue weighted by Crippen LogP contribution is -2.10. The number of nitrogens with two attached hydrogens (primary N) is 1. The largest absolute Gasteiger partial charge is 0.398 e. The van der Waals surface area contributed by atoms with Crippen molar-refractivity contribution >= 4 is 55.8 Å². The fourth-order valence-electron chi connectivity index (χ4n) is 6.23. The fourth-order valence-corrected chi connectivity index (χ4v) is 6.23. The van der Waals surface area contributed by atoms with Crippen LogP contribution in [0.1, 0.15) is 37.8 Å². The van der Waals surface area contributed by atoms with Gasteiger partial charge in [-0.15, -0.1) is 0 Å². The predicted molar refractivity (Wildman–Crippen MR) is 170 cm³/mol. The second kappa shape index (κ2) is 10.5. The molecule has 1 aliphatic carbocycles. The molecule has 0 spiro atoms. The van der Waals surface area contributed by atoms with Crippen LogP contribution < -0.4 is 11.1 Å². The maximum Gasteiger partial charge on any atom is 0.163 e. The Morgan fingerprint density at radius 3 is 2.07 bits per heavy atom. The van der Waals surface area contributed by atoms with Crippen molar-refractivity contribution in [2.24, 2.45) is 5.73 Å². The molecule has 6 rings (SSSR count). The number of allylic oxidation sites excluding steroid dienone is 7. The summed E-state index contributed by atoms with van der Waals surface area (Å²) in [5, 5.41) is 6.82. The molecule has 0 bridgehead atoms. The number of rotatable bonds is 5. The van der Waals surface area contributed by atoms with Crippen molar-refractivity contribution in [3.8, 4) is 0 Å². The van der Waals surface area contributed by atoms with Crippen LogP contribution in [-0.2, 0) is 9.59 Å². The van der Waals surface area contributed by atoms with E-state index in [4.69, 9.17) is 5.73 Å². The van der Waals surface area contributed by atoms with Crippen molar-refractivity contribution in [1.29, 1.82) is 0 Å². The average Bonchev–Trinajstić information content (AvgIpc) is 3.52. The van der Waals surface area contributed by atoms with Gasteiger partial charge >= 0.3 is 0 Å². The fraction of sp³-hybridized carbons (Fsp3) is 0.135. The first-order valence-electron chi connectivity index (χ1n) is 14.0. The predicted octanol–water partition coefficient (Wildman–Crippen LogP) is 7.40. The molecular formula is C37H32N2O2. The summed E-state index contributed by atoms with van der Waals surface area (Å²) in [6.45, 7) is 5.02. The minimum atomic E-state index is -0.225. The number of ketones is 2. The minimum absolute atomic E-state index is 0.225. The number of nitrogens with one attached hydrogen (secondary N) is 1. The van der Waals surface area contributed by atoms with Crippen LogP contribution >= 0.6 is 0 Å². The van der Waals surface area contributed by atoms with Gasteiger partial charge in [-0.3, -0.25) is 9.59 Å². The topological polar surface area (TPSA) is 75.9 Å². The molecule has 202 valence electrons. The number of hydrogen-bond acceptors (Lipinski definition) is 3. The van der Waals surface area contributed by atoms with E-state index in [9.17, 15) is 9.59 Å². The maximum atomic E-state index is 12.7. The second-order valence-corrected chi connectivity index (χ2v) is 10.8. The number of carbonyl (C=O) groups excluding carboxylic acids is 2.